The molecule has 1 fully saturated rings. The lowest BCUT2D eigenvalue weighted by Crippen LogP contribution is -2.20. The van der Waals surface area contributed by atoms with Crippen molar-refractivity contribution < 1.29 is 9.47 Å². The molecule has 88 valence electrons. The van der Waals surface area contributed by atoms with Crippen LogP contribution in [-0.2, 0) is 9.47 Å². The van der Waals surface area contributed by atoms with E-state index in [4.69, 9.17) is 9.47 Å². The maximum Gasteiger partial charge on any atom is 0.174 e. The van der Waals surface area contributed by atoms with E-state index >= 15 is 0 Å². The first-order valence-electron chi connectivity index (χ1n) is 5.83. The SMILES string of the molecule is CC(C)c1ccccc1NCC1OCCO1. The third-order valence-electron chi connectivity index (χ3n) is 2.73. The van der Waals surface area contributed by atoms with E-state index in [1.54, 1.807) is 0 Å². The third kappa shape index (κ3) is 2.74. The van der Waals surface area contributed by atoms with E-state index in [0.717, 1.165) is 0 Å². The summed E-state index contributed by atoms with van der Waals surface area (Å²) >= 11 is 0. The minimum atomic E-state index is -0.0970. The van der Waals surface area contributed by atoms with Crippen molar-refractivity contribution in [3.8, 4) is 0 Å². The Morgan fingerprint density at radius 3 is 2.62 bits per heavy atom. The van der Waals surface area contributed by atoms with Gasteiger partial charge in [0.25, 0.3) is 0 Å². The Hall–Kier alpha value is -1.06. The van der Waals surface area contributed by atoms with E-state index in [1.807, 2.05) is 6.07 Å². The molecular weight excluding hydrogens is 202 g/mol. The molecule has 1 heterocycles. The van der Waals surface area contributed by atoms with E-state index in [-0.39, 0.29) is 6.29 Å². The lowest BCUT2D eigenvalue weighted by atomic mass is 10.0. The van der Waals surface area contributed by atoms with E-state index in [1.165, 1.54) is 11.3 Å². The fraction of sp³-hybridized carbons (Fsp3) is 0.538. The van der Waals surface area contributed by atoms with Gasteiger partial charge in [-0.25, -0.2) is 0 Å². The monoisotopic (exact) mass is 221 g/mol. The van der Waals surface area contributed by atoms with Gasteiger partial charge in [-0.2, -0.15) is 0 Å². The van der Waals surface area contributed by atoms with Crippen LogP contribution in [0.25, 0.3) is 0 Å². The van der Waals surface area contributed by atoms with Crippen LogP contribution in [0.2, 0.25) is 0 Å². The molecule has 0 amide bonds. The molecule has 0 spiro atoms. The molecule has 0 unspecified atom stereocenters. The molecule has 1 aromatic carbocycles. The maximum atomic E-state index is 5.39. The highest BCUT2D eigenvalue weighted by atomic mass is 16.7. The van der Waals surface area contributed by atoms with Crippen molar-refractivity contribution in [2.45, 2.75) is 26.1 Å². The van der Waals surface area contributed by atoms with Crippen LogP contribution in [0.1, 0.15) is 25.3 Å². The van der Waals surface area contributed by atoms with Crippen molar-refractivity contribution in [2.75, 3.05) is 25.1 Å². The molecule has 0 bridgehead atoms. The van der Waals surface area contributed by atoms with Gasteiger partial charge in [-0.05, 0) is 17.5 Å². The second-order valence-electron chi connectivity index (χ2n) is 4.29. The van der Waals surface area contributed by atoms with Crippen LogP contribution >= 0.6 is 0 Å². The summed E-state index contributed by atoms with van der Waals surface area (Å²) in [6, 6.07) is 8.38. The fourth-order valence-corrected chi connectivity index (χ4v) is 1.88. The summed E-state index contributed by atoms with van der Waals surface area (Å²) < 4.78 is 10.8. The van der Waals surface area contributed by atoms with Gasteiger partial charge in [0.15, 0.2) is 6.29 Å². The van der Waals surface area contributed by atoms with Gasteiger partial charge in [-0.1, -0.05) is 32.0 Å². The fourth-order valence-electron chi connectivity index (χ4n) is 1.88. The highest BCUT2D eigenvalue weighted by Gasteiger charge is 2.15. The average molecular weight is 221 g/mol. The summed E-state index contributed by atoms with van der Waals surface area (Å²) in [6.45, 7) is 6.52. The van der Waals surface area contributed by atoms with Crippen LogP contribution in [0.4, 0.5) is 5.69 Å². The summed E-state index contributed by atoms with van der Waals surface area (Å²) in [4.78, 5) is 0. The second kappa shape index (κ2) is 5.32. The number of benzene rings is 1. The lowest BCUT2D eigenvalue weighted by molar-refractivity contribution is -0.0299. The van der Waals surface area contributed by atoms with Crippen LogP contribution in [-0.4, -0.2) is 26.0 Å². The maximum absolute atomic E-state index is 5.39. The number of nitrogens with one attached hydrogen (secondary N) is 1. The molecule has 0 radical (unpaired) electrons. The van der Waals surface area contributed by atoms with Crippen LogP contribution in [0.5, 0.6) is 0 Å². The number of hydrogen-bond acceptors (Lipinski definition) is 3. The molecule has 1 aliphatic rings. The summed E-state index contributed by atoms with van der Waals surface area (Å²) in [5, 5.41) is 3.39. The Morgan fingerprint density at radius 2 is 1.94 bits per heavy atom. The largest absolute Gasteiger partial charge is 0.380 e. The highest BCUT2D eigenvalue weighted by molar-refractivity contribution is 5.52. The molecule has 16 heavy (non-hydrogen) atoms. The Balaban J connectivity index is 1.97. The van der Waals surface area contributed by atoms with Gasteiger partial charge in [-0.3, -0.25) is 0 Å². The van der Waals surface area contributed by atoms with Gasteiger partial charge in [-0.15, -0.1) is 0 Å². The number of rotatable bonds is 4. The quantitative estimate of drug-likeness (QED) is 0.847. The van der Waals surface area contributed by atoms with Crippen LogP contribution in [0, 0.1) is 0 Å². The van der Waals surface area contributed by atoms with Crippen LogP contribution in [0.15, 0.2) is 24.3 Å². The molecule has 1 aliphatic heterocycles. The molecule has 0 saturated carbocycles. The zero-order chi connectivity index (χ0) is 11.4. The Morgan fingerprint density at radius 1 is 1.25 bits per heavy atom. The minimum absolute atomic E-state index is 0.0970. The van der Waals surface area contributed by atoms with Gasteiger partial charge in [0.2, 0.25) is 0 Å². The molecule has 3 heteroatoms. The number of ether oxygens (including phenoxy) is 2. The number of hydrogen-bond donors (Lipinski definition) is 1. The third-order valence-corrected chi connectivity index (χ3v) is 2.73. The molecule has 0 atom stereocenters. The Kier molecular flexibility index (Phi) is 3.80. The predicted octanol–water partition coefficient (Wildman–Crippen LogP) is 2.59. The molecular formula is C13H19NO2. The van der Waals surface area contributed by atoms with Crippen LogP contribution < -0.4 is 5.32 Å². The molecule has 1 saturated heterocycles. The zero-order valence-electron chi connectivity index (χ0n) is 9.90. The van der Waals surface area contributed by atoms with Gasteiger partial charge in [0, 0.05) is 5.69 Å². The molecule has 0 aromatic heterocycles. The standard InChI is InChI=1S/C13H19NO2/c1-10(2)11-5-3-4-6-12(11)14-9-13-15-7-8-16-13/h3-6,10,13-14H,7-9H2,1-2H3. The molecule has 1 N–H and O–H groups in total. The van der Waals surface area contributed by atoms with E-state index in [0.29, 0.717) is 25.7 Å². The predicted molar refractivity (Wildman–Crippen MR) is 64.7 cm³/mol. The molecule has 3 nitrogen and oxygen atoms in total. The van der Waals surface area contributed by atoms with Crippen LogP contribution in [0.3, 0.4) is 0 Å². The molecule has 0 aliphatic carbocycles. The second-order valence-corrected chi connectivity index (χ2v) is 4.29. The molecule has 2 rings (SSSR count). The highest BCUT2D eigenvalue weighted by Crippen LogP contribution is 2.23. The summed E-state index contributed by atoms with van der Waals surface area (Å²) in [5.41, 5.74) is 2.51. The first-order valence-corrected chi connectivity index (χ1v) is 5.83. The minimum Gasteiger partial charge on any atom is -0.380 e. The van der Waals surface area contributed by atoms with Crippen molar-refractivity contribution in [3.05, 3.63) is 29.8 Å². The summed E-state index contributed by atoms with van der Waals surface area (Å²) in [6.07, 6.45) is -0.0970. The van der Waals surface area contributed by atoms with Gasteiger partial charge < -0.3 is 14.8 Å². The van der Waals surface area contributed by atoms with Gasteiger partial charge >= 0.3 is 0 Å². The Labute approximate surface area is 96.8 Å². The first-order chi connectivity index (χ1) is 7.77. The van der Waals surface area contributed by atoms with Crippen molar-refractivity contribution in [1.82, 2.24) is 0 Å². The smallest absolute Gasteiger partial charge is 0.174 e. The topological polar surface area (TPSA) is 30.5 Å². The molecule has 1 aromatic rings. The van der Waals surface area contributed by atoms with Crippen molar-refractivity contribution in [1.29, 1.82) is 0 Å². The van der Waals surface area contributed by atoms with Gasteiger partial charge in [0.1, 0.15) is 0 Å². The van der Waals surface area contributed by atoms with Crippen molar-refractivity contribution in [3.63, 3.8) is 0 Å². The summed E-state index contributed by atoms with van der Waals surface area (Å²) in [5.74, 6) is 0.522. The Bertz CT molecular complexity index is 332. The summed E-state index contributed by atoms with van der Waals surface area (Å²) in [7, 11) is 0. The average Bonchev–Trinajstić information content (AvgIpc) is 2.79. The zero-order valence-corrected chi connectivity index (χ0v) is 9.90. The van der Waals surface area contributed by atoms with E-state index < -0.39 is 0 Å². The lowest BCUT2D eigenvalue weighted by Gasteiger charge is -2.16. The first kappa shape index (κ1) is 11.4. The van der Waals surface area contributed by atoms with Crippen molar-refractivity contribution in [2.24, 2.45) is 0 Å². The number of anilines is 1. The van der Waals surface area contributed by atoms with E-state index in [9.17, 15) is 0 Å². The van der Waals surface area contributed by atoms with Gasteiger partial charge in [0.05, 0.1) is 19.8 Å². The van der Waals surface area contributed by atoms with E-state index in [2.05, 4.69) is 37.4 Å². The number of para-hydroxylation sites is 1. The normalized spacial score (nSPS) is 16.9. The van der Waals surface area contributed by atoms with Crippen molar-refractivity contribution >= 4 is 5.69 Å².